The Bertz CT molecular complexity index is 984. The second kappa shape index (κ2) is 7.53. The number of hydrogen-bond acceptors (Lipinski definition) is 4. The maximum absolute atomic E-state index is 12.7. The SMILES string of the molecule is CS(=O)(=O)c1cccc(C(=O)N[C@H](Cn2cccn2)c2ccccc2)c1. The summed E-state index contributed by atoms with van der Waals surface area (Å²) in [5.74, 6) is -0.337. The number of sulfone groups is 1. The fourth-order valence-electron chi connectivity index (χ4n) is 2.62. The van der Waals surface area contributed by atoms with Gasteiger partial charge in [0.1, 0.15) is 0 Å². The Morgan fingerprint density at radius 3 is 2.54 bits per heavy atom. The third kappa shape index (κ3) is 4.37. The minimum Gasteiger partial charge on any atom is -0.343 e. The minimum absolute atomic E-state index is 0.119. The molecule has 1 N–H and O–H groups in total. The number of nitrogens with one attached hydrogen (secondary N) is 1. The van der Waals surface area contributed by atoms with Crippen molar-refractivity contribution < 1.29 is 13.2 Å². The molecule has 0 saturated heterocycles. The van der Waals surface area contributed by atoms with Crippen LogP contribution in [0.2, 0.25) is 0 Å². The predicted molar refractivity (Wildman–Crippen MR) is 98.4 cm³/mol. The largest absolute Gasteiger partial charge is 0.343 e. The van der Waals surface area contributed by atoms with Gasteiger partial charge in [-0.3, -0.25) is 9.48 Å². The summed E-state index contributed by atoms with van der Waals surface area (Å²) in [5, 5.41) is 7.17. The number of benzene rings is 2. The molecule has 7 heteroatoms. The van der Waals surface area contributed by atoms with E-state index >= 15 is 0 Å². The number of hydrogen-bond donors (Lipinski definition) is 1. The van der Waals surface area contributed by atoms with Crippen molar-refractivity contribution in [2.75, 3.05) is 6.26 Å². The Kier molecular flexibility index (Phi) is 5.18. The summed E-state index contributed by atoms with van der Waals surface area (Å²) in [7, 11) is -3.37. The molecule has 134 valence electrons. The van der Waals surface area contributed by atoms with E-state index < -0.39 is 9.84 Å². The van der Waals surface area contributed by atoms with Crippen LogP contribution in [0.4, 0.5) is 0 Å². The molecule has 0 fully saturated rings. The van der Waals surface area contributed by atoms with Gasteiger partial charge < -0.3 is 5.32 Å². The van der Waals surface area contributed by atoms with Crippen LogP contribution in [-0.2, 0) is 16.4 Å². The maximum atomic E-state index is 12.7. The topological polar surface area (TPSA) is 81.1 Å². The van der Waals surface area contributed by atoms with Gasteiger partial charge in [-0.25, -0.2) is 8.42 Å². The van der Waals surface area contributed by atoms with Gasteiger partial charge in [-0.2, -0.15) is 5.10 Å². The molecule has 0 aliphatic heterocycles. The molecule has 0 aliphatic rings. The molecule has 1 amide bonds. The van der Waals surface area contributed by atoms with Crippen LogP contribution in [0.5, 0.6) is 0 Å². The lowest BCUT2D eigenvalue weighted by Gasteiger charge is -2.19. The average molecular weight is 369 g/mol. The van der Waals surface area contributed by atoms with Gasteiger partial charge >= 0.3 is 0 Å². The van der Waals surface area contributed by atoms with Crippen molar-refractivity contribution >= 4 is 15.7 Å². The first kappa shape index (κ1) is 17.9. The molecular formula is C19H19N3O3S. The van der Waals surface area contributed by atoms with E-state index in [1.54, 1.807) is 23.0 Å². The molecule has 0 spiro atoms. The van der Waals surface area contributed by atoms with Crippen LogP contribution in [0.15, 0.2) is 78.0 Å². The molecule has 1 aromatic heterocycles. The van der Waals surface area contributed by atoms with Crippen LogP contribution in [0.25, 0.3) is 0 Å². The number of carbonyl (C=O) groups is 1. The molecule has 3 rings (SSSR count). The third-order valence-corrected chi connectivity index (χ3v) is 5.07. The number of amides is 1. The van der Waals surface area contributed by atoms with Gasteiger partial charge in [0.2, 0.25) is 0 Å². The Labute approximate surface area is 152 Å². The normalized spacial score (nSPS) is 12.5. The van der Waals surface area contributed by atoms with E-state index in [1.165, 1.54) is 12.1 Å². The van der Waals surface area contributed by atoms with E-state index in [-0.39, 0.29) is 16.8 Å². The van der Waals surface area contributed by atoms with Crippen LogP contribution in [-0.4, -0.2) is 30.4 Å². The molecule has 0 bridgehead atoms. The molecule has 0 saturated carbocycles. The lowest BCUT2D eigenvalue weighted by Crippen LogP contribution is -2.31. The Hall–Kier alpha value is -2.93. The van der Waals surface area contributed by atoms with Crippen LogP contribution < -0.4 is 5.32 Å². The van der Waals surface area contributed by atoms with Crippen LogP contribution in [0.1, 0.15) is 22.0 Å². The number of nitrogens with zero attached hydrogens (tertiary/aromatic N) is 2. The third-order valence-electron chi connectivity index (χ3n) is 3.96. The smallest absolute Gasteiger partial charge is 0.251 e. The predicted octanol–water partition coefficient (Wildman–Crippen LogP) is 2.46. The first-order valence-corrected chi connectivity index (χ1v) is 9.96. The summed E-state index contributed by atoms with van der Waals surface area (Å²) < 4.78 is 25.2. The van der Waals surface area contributed by atoms with Crippen LogP contribution in [0, 0.1) is 0 Å². The van der Waals surface area contributed by atoms with Gasteiger partial charge in [-0.1, -0.05) is 36.4 Å². The van der Waals surface area contributed by atoms with E-state index in [1.807, 2.05) is 42.6 Å². The van der Waals surface area contributed by atoms with Gasteiger partial charge in [0.25, 0.3) is 5.91 Å². The summed E-state index contributed by atoms with van der Waals surface area (Å²) in [4.78, 5) is 12.8. The molecule has 0 radical (unpaired) electrons. The lowest BCUT2D eigenvalue weighted by molar-refractivity contribution is 0.0931. The molecular weight excluding hydrogens is 350 g/mol. The van der Waals surface area contributed by atoms with Crippen LogP contribution >= 0.6 is 0 Å². The quantitative estimate of drug-likeness (QED) is 0.724. The zero-order valence-electron chi connectivity index (χ0n) is 14.2. The van der Waals surface area contributed by atoms with Gasteiger partial charge in [0.05, 0.1) is 17.5 Å². The zero-order chi connectivity index (χ0) is 18.6. The monoisotopic (exact) mass is 369 g/mol. The second-order valence-electron chi connectivity index (χ2n) is 5.96. The van der Waals surface area contributed by atoms with Crippen molar-refractivity contribution in [3.63, 3.8) is 0 Å². The molecule has 0 aliphatic carbocycles. The standard InChI is InChI=1S/C19H19N3O3S/c1-26(24,25)17-10-5-9-16(13-17)19(23)21-18(14-22-12-6-11-20-22)15-7-3-2-4-8-15/h2-13,18H,14H2,1H3,(H,21,23)/t18-/m1/s1. The van der Waals surface area contributed by atoms with Crippen molar-refractivity contribution in [1.82, 2.24) is 15.1 Å². The fraction of sp³-hybridized carbons (Fsp3) is 0.158. The van der Waals surface area contributed by atoms with E-state index in [0.717, 1.165) is 11.8 Å². The maximum Gasteiger partial charge on any atom is 0.251 e. The van der Waals surface area contributed by atoms with E-state index in [9.17, 15) is 13.2 Å². The summed E-state index contributed by atoms with van der Waals surface area (Å²) in [6.45, 7) is 0.467. The summed E-state index contributed by atoms with van der Waals surface area (Å²) in [6.07, 6.45) is 4.63. The Morgan fingerprint density at radius 1 is 1.12 bits per heavy atom. The Morgan fingerprint density at radius 2 is 1.88 bits per heavy atom. The van der Waals surface area contributed by atoms with Gasteiger partial charge in [-0.05, 0) is 29.8 Å². The highest BCUT2D eigenvalue weighted by Crippen LogP contribution is 2.17. The summed E-state index contributed by atoms with van der Waals surface area (Å²) >= 11 is 0. The van der Waals surface area contributed by atoms with Gasteiger partial charge in [0, 0.05) is 24.2 Å². The molecule has 26 heavy (non-hydrogen) atoms. The summed E-state index contributed by atoms with van der Waals surface area (Å²) in [5.41, 5.74) is 1.24. The Balaban J connectivity index is 1.86. The van der Waals surface area contributed by atoms with Gasteiger partial charge in [-0.15, -0.1) is 0 Å². The molecule has 6 nitrogen and oxygen atoms in total. The number of aromatic nitrogens is 2. The lowest BCUT2D eigenvalue weighted by atomic mass is 10.1. The van der Waals surface area contributed by atoms with Crippen molar-refractivity contribution in [1.29, 1.82) is 0 Å². The zero-order valence-corrected chi connectivity index (χ0v) is 15.1. The molecule has 0 unspecified atom stereocenters. The number of rotatable bonds is 6. The van der Waals surface area contributed by atoms with Crippen molar-refractivity contribution in [3.8, 4) is 0 Å². The van der Waals surface area contributed by atoms with Crippen molar-refractivity contribution in [2.24, 2.45) is 0 Å². The van der Waals surface area contributed by atoms with Gasteiger partial charge in [0.15, 0.2) is 9.84 Å². The summed E-state index contributed by atoms with van der Waals surface area (Å²) in [6, 6.07) is 17.1. The van der Waals surface area contributed by atoms with E-state index in [0.29, 0.717) is 12.1 Å². The van der Waals surface area contributed by atoms with Crippen molar-refractivity contribution in [2.45, 2.75) is 17.5 Å². The molecule has 2 aromatic carbocycles. The fourth-order valence-corrected chi connectivity index (χ4v) is 3.29. The van der Waals surface area contributed by atoms with E-state index in [4.69, 9.17) is 0 Å². The molecule has 1 atom stereocenters. The second-order valence-corrected chi connectivity index (χ2v) is 7.98. The van der Waals surface area contributed by atoms with E-state index in [2.05, 4.69) is 10.4 Å². The van der Waals surface area contributed by atoms with Crippen LogP contribution in [0.3, 0.4) is 0 Å². The molecule has 3 aromatic rings. The van der Waals surface area contributed by atoms with Crippen molar-refractivity contribution in [3.05, 3.63) is 84.2 Å². The first-order valence-electron chi connectivity index (χ1n) is 8.07. The minimum atomic E-state index is -3.37. The first-order chi connectivity index (χ1) is 12.4. The highest BCUT2D eigenvalue weighted by atomic mass is 32.2. The number of carbonyl (C=O) groups excluding carboxylic acids is 1. The molecule has 1 heterocycles. The average Bonchev–Trinajstić information content (AvgIpc) is 3.14. The highest BCUT2D eigenvalue weighted by Gasteiger charge is 2.18. The highest BCUT2D eigenvalue weighted by molar-refractivity contribution is 7.90.